The lowest BCUT2D eigenvalue weighted by atomic mass is 10.2. The Labute approximate surface area is 130 Å². The predicted molar refractivity (Wildman–Crippen MR) is 79.8 cm³/mol. The molecule has 0 saturated heterocycles. The molecule has 0 aliphatic rings. The molecule has 2 aromatic rings. The van der Waals surface area contributed by atoms with Gasteiger partial charge in [-0.05, 0) is 25.1 Å². The van der Waals surface area contributed by atoms with Gasteiger partial charge in [-0.15, -0.1) is 0 Å². The smallest absolute Gasteiger partial charge is 0.339 e. The van der Waals surface area contributed by atoms with Crippen LogP contribution in [0.15, 0.2) is 29.3 Å². The summed E-state index contributed by atoms with van der Waals surface area (Å²) >= 11 is 11.5. The average molecular weight is 349 g/mol. The highest BCUT2D eigenvalue weighted by molar-refractivity contribution is 7.92. The first-order valence-corrected chi connectivity index (χ1v) is 7.85. The standard InChI is InChI=1S/C12H10Cl2N2O4S/c1-6-11(12(17)18)10(5-15-6)16-21(19,20)7-2-3-8(13)9(14)4-7/h2-5,15-16H,1H3,(H,17,18). The van der Waals surface area contributed by atoms with Gasteiger partial charge in [0.25, 0.3) is 10.0 Å². The fourth-order valence-electron chi connectivity index (χ4n) is 1.73. The van der Waals surface area contributed by atoms with E-state index in [4.69, 9.17) is 28.3 Å². The summed E-state index contributed by atoms with van der Waals surface area (Å²) in [6.07, 6.45) is 1.27. The summed E-state index contributed by atoms with van der Waals surface area (Å²) in [5, 5.41) is 9.40. The normalized spacial score (nSPS) is 11.4. The summed E-state index contributed by atoms with van der Waals surface area (Å²) in [6.45, 7) is 1.53. The van der Waals surface area contributed by atoms with Gasteiger partial charge in [0, 0.05) is 11.9 Å². The van der Waals surface area contributed by atoms with Crippen molar-refractivity contribution in [3.05, 3.63) is 45.7 Å². The van der Waals surface area contributed by atoms with E-state index in [1.54, 1.807) is 0 Å². The molecule has 0 aliphatic carbocycles. The number of H-pyrrole nitrogens is 1. The minimum absolute atomic E-state index is 0.0499. The average Bonchev–Trinajstić information content (AvgIpc) is 2.73. The summed E-state index contributed by atoms with van der Waals surface area (Å²) < 4.78 is 26.7. The molecule has 0 aliphatic heterocycles. The molecule has 112 valence electrons. The van der Waals surface area contributed by atoms with Crippen molar-refractivity contribution in [2.45, 2.75) is 11.8 Å². The van der Waals surface area contributed by atoms with E-state index in [1.807, 2.05) is 0 Å². The molecular formula is C12H10Cl2N2O4S. The van der Waals surface area contributed by atoms with Crippen LogP contribution < -0.4 is 4.72 Å². The van der Waals surface area contributed by atoms with E-state index in [2.05, 4.69) is 9.71 Å². The van der Waals surface area contributed by atoms with Crippen molar-refractivity contribution in [1.29, 1.82) is 0 Å². The first-order valence-electron chi connectivity index (χ1n) is 5.61. The molecular weight excluding hydrogens is 339 g/mol. The van der Waals surface area contributed by atoms with Crippen LogP contribution in [0.1, 0.15) is 16.1 Å². The van der Waals surface area contributed by atoms with Crippen LogP contribution in [0, 0.1) is 6.92 Å². The molecule has 0 bridgehead atoms. The number of nitrogens with one attached hydrogen (secondary N) is 2. The van der Waals surface area contributed by atoms with Crippen LogP contribution >= 0.6 is 23.2 Å². The molecule has 9 heteroatoms. The van der Waals surface area contributed by atoms with Gasteiger partial charge in [-0.3, -0.25) is 4.72 Å². The Balaban J connectivity index is 2.42. The molecule has 3 N–H and O–H groups in total. The molecule has 0 amide bonds. The quantitative estimate of drug-likeness (QED) is 0.790. The van der Waals surface area contributed by atoms with Crippen LogP contribution in [-0.4, -0.2) is 24.5 Å². The molecule has 21 heavy (non-hydrogen) atoms. The van der Waals surface area contributed by atoms with Crippen LogP contribution in [0.3, 0.4) is 0 Å². The number of carboxylic acid groups (broad SMARTS) is 1. The lowest BCUT2D eigenvalue weighted by Crippen LogP contribution is -2.14. The number of carbonyl (C=O) groups is 1. The zero-order valence-corrected chi connectivity index (χ0v) is 13.0. The van der Waals surface area contributed by atoms with Gasteiger partial charge in [0.15, 0.2) is 0 Å². The highest BCUT2D eigenvalue weighted by Gasteiger charge is 2.21. The van der Waals surface area contributed by atoms with Gasteiger partial charge in [-0.1, -0.05) is 23.2 Å². The molecule has 2 rings (SSSR count). The number of aromatic carboxylic acids is 1. The van der Waals surface area contributed by atoms with E-state index in [0.717, 1.165) is 0 Å². The number of rotatable bonds is 4. The first-order chi connectivity index (χ1) is 9.72. The van der Waals surface area contributed by atoms with Gasteiger partial charge in [0.1, 0.15) is 5.56 Å². The highest BCUT2D eigenvalue weighted by Crippen LogP contribution is 2.27. The van der Waals surface area contributed by atoms with Crippen molar-refractivity contribution in [1.82, 2.24) is 4.98 Å². The summed E-state index contributed by atoms with van der Waals surface area (Å²) in [7, 11) is -3.97. The van der Waals surface area contributed by atoms with Crippen LogP contribution in [-0.2, 0) is 10.0 Å². The maximum Gasteiger partial charge on any atom is 0.339 e. The van der Waals surface area contributed by atoms with Crippen molar-refractivity contribution in [2.24, 2.45) is 0 Å². The van der Waals surface area contributed by atoms with Crippen LogP contribution in [0.4, 0.5) is 5.69 Å². The van der Waals surface area contributed by atoms with E-state index in [-0.39, 0.29) is 26.2 Å². The molecule has 0 fully saturated rings. The summed E-state index contributed by atoms with van der Waals surface area (Å²) in [5.74, 6) is -1.24. The Kier molecular flexibility index (Phi) is 4.18. The predicted octanol–water partition coefficient (Wildman–Crippen LogP) is 3.13. The second-order valence-corrected chi connectivity index (χ2v) is 6.69. The van der Waals surface area contributed by atoms with Gasteiger partial charge >= 0.3 is 5.97 Å². The Bertz CT molecular complexity index is 815. The number of carboxylic acids is 1. The summed E-state index contributed by atoms with van der Waals surface area (Å²) in [6, 6.07) is 3.81. The Morgan fingerprint density at radius 1 is 1.29 bits per heavy atom. The highest BCUT2D eigenvalue weighted by atomic mass is 35.5. The van der Waals surface area contributed by atoms with Crippen molar-refractivity contribution in [3.63, 3.8) is 0 Å². The molecule has 0 saturated carbocycles. The van der Waals surface area contributed by atoms with Gasteiger partial charge < -0.3 is 10.1 Å². The number of anilines is 1. The summed E-state index contributed by atoms with van der Waals surface area (Å²) in [5.41, 5.74) is 0.152. The molecule has 1 aromatic heterocycles. The molecule has 1 heterocycles. The molecule has 6 nitrogen and oxygen atoms in total. The monoisotopic (exact) mass is 348 g/mol. The number of aromatic amines is 1. The third-order valence-corrected chi connectivity index (χ3v) is 4.84. The minimum atomic E-state index is -3.97. The topological polar surface area (TPSA) is 99.3 Å². The van der Waals surface area contributed by atoms with Crippen molar-refractivity contribution >= 4 is 44.9 Å². The lowest BCUT2D eigenvalue weighted by molar-refractivity contribution is 0.0697. The third-order valence-electron chi connectivity index (χ3n) is 2.74. The number of hydrogen-bond acceptors (Lipinski definition) is 3. The number of hydrogen-bond donors (Lipinski definition) is 3. The maximum absolute atomic E-state index is 12.2. The number of halogens is 2. The Morgan fingerprint density at radius 3 is 2.52 bits per heavy atom. The van der Waals surface area contributed by atoms with Crippen molar-refractivity contribution in [2.75, 3.05) is 4.72 Å². The Hall–Kier alpha value is -1.70. The largest absolute Gasteiger partial charge is 0.478 e. The van der Waals surface area contributed by atoms with Crippen molar-refractivity contribution in [3.8, 4) is 0 Å². The Morgan fingerprint density at radius 2 is 1.95 bits per heavy atom. The van der Waals surface area contributed by atoms with Gasteiger partial charge in [-0.25, -0.2) is 13.2 Å². The molecule has 0 atom stereocenters. The first kappa shape index (κ1) is 15.7. The number of benzene rings is 1. The summed E-state index contributed by atoms with van der Waals surface area (Å²) in [4.78, 5) is 13.7. The van der Waals surface area contributed by atoms with Crippen LogP contribution in [0.25, 0.3) is 0 Å². The zero-order chi connectivity index (χ0) is 15.8. The minimum Gasteiger partial charge on any atom is -0.478 e. The molecule has 1 aromatic carbocycles. The maximum atomic E-state index is 12.2. The fraction of sp³-hybridized carbons (Fsp3) is 0.0833. The second-order valence-electron chi connectivity index (χ2n) is 4.19. The number of aromatic nitrogens is 1. The molecule has 0 spiro atoms. The number of aryl methyl sites for hydroxylation is 1. The van der Waals surface area contributed by atoms with E-state index in [1.165, 1.54) is 31.3 Å². The SMILES string of the molecule is Cc1[nH]cc(NS(=O)(=O)c2ccc(Cl)c(Cl)c2)c1C(=O)O. The van der Waals surface area contributed by atoms with Gasteiger partial charge in [0.2, 0.25) is 0 Å². The molecule has 0 unspecified atom stereocenters. The molecule has 0 radical (unpaired) electrons. The fourth-order valence-corrected chi connectivity index (χ4v) is 3.18. The zero-order valence-electron chi connectivity index (χ0n) is 10.6. The van der Waals surface area contributed by atoms with E-state index in [9.17, 15) is 13.2 Å². The van der Waals surface area contributed by atoms with Crippen molar-refractivity contribution < 1.29 is 18.3 Å². The number of sulfonamides is 1. The van der Waals surface area contributed by atoms with Gasteiger partial charge in [0.05, 0.1) is 20.6 Å². The third kappa shape index (κ3) is 3.15. The van der Waals surface area contributed by atoms with E-state index in [0.29, 0.717) is 5.69 Å². The second kappa shape index (κ2) is 5.59. The van der Waals surface area contributed by atoms with Crippen LogP contribution in [0.5, 0.6) is 0 Å². The van der Waals surface area contributed by atoms with E-state index < -0.39 is 16.0 Å². The lowest BCUT2D eigenvalue weighted by Gasteiger charge is -2.08. The van der Waals surface area contributed by atoms with E-state index >= 15 is 0 Å². The van der Waals surface area contributed by atoms with Crippen LogP contribution in [0.2, 0.25) is 10.0 Å². The van der Waals surface area contributed by atoms with Gasteiger partial charge in [-0.2, -0.15) is 0 Å².